The van der Waals surface area contributed by atoms with Crippen molar-refractivity contribution in [1.82, 2.24) is 20.9 Å². The average molecular weight is 657 g/mol. The highest BCUT2D eigenvalue weighted by Gasteiger charge is 2.31. The van der Waals surface area contributed by atoms with Crippen molar-refractivity contribution in [3.63, 3.8) is 0 Å². The molecule has 4 rings (SSSR count). The van der Waals surface area contributed by atoms with E-state index in [-0.39, 0.29) is 31.4 Å². The van der Waals surface area contributed by atoms with Gasteiger partial charge in [-0.3, -0.25) is 19.3 Å². The fourth-order valence-corrected chi connectivity index (χ4v) is 5.55. The van der Waals surface area contributed by atoms with E-state index in [0.717, 1.165) is 16.7 Å². The highest BCUT2D eigenvalue weighted by Crippen LogP contribution is 2.12. The van der Waals surface area contributed by atoms with Gasteiger partial charge in [-0.1, -0.05) is 105 Å². The summed E-state index contributed by atoms with van der Waals surface area (Å²) in [5.74, 6) is -1.72. The van der Waals surface area contributed by atoms with Gasteiger partial charge in [0.05, 0.1) is 19.8 Å². The van der Waals surface area contributed by atoms with E-state index in [0.29, 0.717) is 45.6 Å². The summed E-state index contributed by atoms with van der Waals surface area (Å²) in [6.07, 6.45) is 1.47. The number of hydrogen-bond donors (Lipinski definition) is 3. The number of amides is 3. The molecule has 3 amide bonds. The molecular weight excluding hydrogens is 608 g/mol. The molecule has 10 heteroatoms. The number of esters is 1. The Labute approximate surface area is 283 Å². The van der Waals surface area contributed by atoms with Gasteiger partial charge in [0.15, 0.2) is 0 Å². The number of hydrogen-bond acceptors (Lipinski definition) is 7. The smallest absolute Gasteiger partial charge is 0.329 e. The zero-order valence-corrected chi connectivity index (χ0v) is 27.9. The Kier molecular flexibility index (Phi) is 14.6. The Bertz CT molecular complexity index is 1430. The van der Waals surface area contributed by atoms with Gasteiger partial charge in [-0.05, 0) is 41.9 Å². The third-order valence-electron chi connectivity index (χ3n) is 8.13. The van der Waals surface area contributed by atoms with Gasteiger partial charge < -0.3 is 25.4 Å². The summed E-state index contributed by atoms with van der Waals surface area (Å²) in [4.78, 5) is 56.1. The number of ether oxygens (including phenoxy) is 2. The number of aryl methyl sites for hydroxylation is 1. The first-order chi connectivity index (χ1) is 23.3. The molecular formula is C38H48N4O6. The molecule has 0 aromatic heterocycles. The molecule has 256 valence electrons. The second kappa shape index (κ2) is 19.3. The predicted molar refractivity (Wildman–Crippen MR) is 184 cm³/mol. The van der Waals surface area contributed by atoms with Crippen molar-refractivity contribution < 1.29 is 28.7 Å². The van der Waals surface area contributed by atoms with Crippen LogP contribution in [0.2, 0.25) is 0 Å². The van der Waals surface area contributed by atoms with Crippen molar-refractivity contribution in [2.45, 2.75) is 64.3 Å². The Morgan fingerprint density at radius 3 is 1.85 bits per heavy atom. The van der Waals surface area contributed by atoms with Crippen LogP contribution in [-0.2, 0) is 48.1 Å². The number of morpholine rings is 1. The number of carbonyl (C=O) groups is 4. The molecule has 1 fully saturated rings. The largest absolute Gasteiger partial charge is 0.459 e. The molecule has 0 saturated carbocycles. The summed E-state index contributed by atoms with van der Waals surface area (Å²) in [6, 6.07) is 25.7. The van der Waals surface area contributed by atoms with E-state index in [1.54, 1.807) is 0 Å². The lowest BCUT2D eigenvalue weighted by Crippen LogP contribution is -2.57. The van der Waals surface area contributed by atoms with Crippen LogP contribution < -0.4 is 16.0 Å². The maximum atomic E-state index is 13.8. The number of carbonyl (C=O) groups excluding carboxylic acids is 4. The van der Waals surface area contributed by atoms with E-state index >= 15 is 0 Å². The summed E-state index contributed by atoms with van der Waals surface area (Å²) in [5, 5.41) is 8.69. The van der Waals surface area contributed by atoms with E-state index in [9.17, 15) is 19.2 Å². The number of nitrogens with zero attached hydrogens (tertiary/aromatic N) is 1. The maximum Gasteiger partial charge on any atom is 0.329 e. The Balaban J connectivity index is 1.46. The van der Waals surface area contributed by atoms with Gasteiger partial charge >= 0.3 is 5.97 Å². The van der Waals surface area contributed by atoms with E-state index in [2.05, 4.69) is 16.0 Å². The lowest BCUT2D eigenvalue weighted by Gasteiger charge is -2.28. The van der Waals surface area contributed by atoms with Gasteiger partial charge in [-0.2, -0.15) is 0 Å². The molecule has 3 aromatic carbocycles. The second-order valence-corrected chi connectivity index (χ2v) is 12.6. The van der Waals surface area contributed by atoms with Crippen LogP contribution in [0.5, 0.6) is 0 Å². The fourth-order valence-electron chi connectivity index (χ4n) is 5.55. The van der Waals surface area contributed by atoms with Crippen molar-refractivity contribution >= 4 is 23.7 Å². The predicted octanol–water partition coefficient (Wildman–Crippen LogP) is 3.44. The van der Waals surface area contributed by atoms with Crippen molar-refractivity contribution in [2.24, 2.45) is 5.92 Å². The fraction of sp³-hybridized carbons (Fsp3) is 0.421. The van der Waals surface area contributed by atoms with E-state index in [1.165, 1.54) is 0 Å². The average Bonchev–Trinajstić information content (AvgIpc) is 3.10. The molecule has 0 spiro atoms. The first-order valence-corrected chi connectivity index (χ1v) is 16.8. The van der Waals surface area contributed by atoms with Crippen LogP contribution >= 0.6 is 0 Å². The molecule has 1 aliphatic heterocycles. The van der Waals surface area contributed by atoms with Crippen LogP contribution in [0.3, 0.4) is 0 Å². The van der Waals surface area contributed by atoms with Crippen LogP contribution in [0.25, 0.3) is 0 Å². The first kappa shape index (κ1) is 36.3. The molecule has 3 aromatic rings. The van der Waals surface area contributed by atoms with Gasteiger partial charge in [0.25, 0.3) is 0 Å². The molecule has 0 aliphatic carbocycles. The molecule has 1 aliphatic rings. The van der Waals surface area contributed by atoms with E-state index < -0.39 is 35.9 Å². The highest BCUT2D eigenvalue weighted by molar-refractivity contribution is 5.93. The SMILES string of the molecule is CC(C)C[C@H](NC(=O)[C@@H](CCc1ccccc1)NC(=O)CN1CCOCC1)C(=O)N[C@H](Cc1ccccc1)C(=O)OCc1ccccc1. The molecule has 3 N–H and O–H groups in total. The third-order valence-corrected chi connectivity index (χ3v) is 8.13. The lowest BCUT2D eigenvalue weighted by atomic mass is 10.00. The minimum absolute atomic E-state index is 0.0531. The zero-order chi connectivity index (χ0) is 34.1. The first-order valence-electron chi connectivity index (χ1n) is 16.8. The Hall–Kier alpha value is -4.54. The Morgan fingerprint density at radius 2 is 1.25 bits per heavy atom. The monoisotopic (exact) mass is 656 g/mol. The third kappa shape index (κ3) is 12.6. The molecule has 0 radical (unpaired) electrons. The van der Waals surface area contributed by atoms with Crippen molar-refractivity contribution in [2.75, 3.05) is 32.8 Å². The van der Waals surface area contributed by atoms with Gasteiger partial charge in [0.1, 0.15) is 24.7 Å². The topological polar surface area (TPSA) is 126 Å². The van der Waals surface area contributed by atoms with Crippen LogP contribution in [-0.4, -0.2) is 79.6 Å². The molecule has 0 unspecified atom stereocenters. The quantitative estimate of drug-likeness (QED) is 0.190. The van der Waals surface area contributed by atoms with Gasteiger partial charge in [0.2, 0.25) is 17.7 Å². The van der Waals surface area contributed by atoms with Crippen LogP contribution in [0.4, 0.5) is 0 Å². The maximum absolute atomic E-state index is 13.8. The minimum Gasteiger partial charge on any atom is -0.459 e. The summed E-state index contributed by atoms with van der Waals surface area (Å²) < 4.78 is 11.0. The number of rotatable bonds is 17. The van der Waals surface area contributed by atoms with Gasteiger partial charge in [-0.25, -0.2) is 4.79 Å². The van der Waals surface area contributed by atoms with E-state index in [1.807, 2.05) is 110 Å². The van der Waals surface area contributed by atoms with E-state index in [4.69, 9.17) is 9.47 Å². The molecule has 0 bridgehead atoms. The molecule has 10 nitrogen and oxygen atoms in total. The van der Waals surface area contributed by atoms with Crippen LogP contribution in [0.15, 0.2) is 91.0 Å². The minimum atomic E-state index is -0.975. The summed E-state index contributed by atoms with van der Waals surface area (Å²) in [7, 11) is 0. The number of nitrogens with one attached hydrogen (secondary N) is 3. The van der Waals surface area contributed by atoms with Crippen molar-refractivity contribution in [1.29, 1.82) is 0 Å². The van der Waals surface area contributed by atoms with Crippen molar-refractivity contribution in [3.05, 3.63) is 108 Å². The van der Waals surface area contributed by atoms with Crippen molar-refractivity contribution in [3.8, 4) is 0 Å². The van der Waals surface area contributed by atoms with Crippen LogP contribution in [0, 0.1) is 5.92 Å². The van der Waals surface area contributed by atoms with Gasteiger partial charge in [0, 0.05) is 19.5 Å². The molecule has 1 heterocycles. The van der Waals surface area contributed by atoms with Gasteiger partial charge in [-0.15, -0.1) is 0 Å². The second-order valence-electron chi connectivity index (χ2n) is 12.6. The highest BCUT2D eigenvalue weighted by atomic mass is 16.5. The van der Waals surface area contributed by atoms with Crippen LogP contribution in [0.1, 0.15) is 43.4 Å². The Morgan fingerprint density at radius 1 is 0.708 bits per heavy atom. The standard InChI is InChI=1S/C38H48N4O6/c1-28(2)24-33(37(45)41-34(25-30-14-8-4-9-15-30)38(46)48-27-31-16-10-5-11-17-31)40-36(44)32(19-18-29-12-6-3-7-13-29)39-35(43)26-42-20-22-47-23-21-42/h3-17,28,32-34H,18-27H2,1-2H3,(H,39,43)(H,40,44)(H,41,45)/t32-,33+,34-/m1/s1. The summed E-state index contributed by atoms with van der Waals surface area (Å²) in [6.45, 7) is 6.54. The lowest BCUT2D eigenvalue weighted by molar-refractivity contribution is -0.149. The normalized spacial score (nSPS) is 15.1. The summed E-state index contributed by atoms with van der Waals surface area (Å²) in [5.41, 5.74) is 2.72. The zero-order valence-electron chi connectivity index (χ0n) is 27.9. The number of benzene rings is 3. The molecule has 3 atom stereocenters. The molecule has 1 saturated heterocycles. The molecule has 48 heavy (non-hydrogen) atoms. The summed E-state index contributed by atoms with van der Waals surface area (Å²) >= 11 is 0.